The van der Waals surface area contributed by atoms with E-state index in [1.807, 2.05) is 30.3 Å². The van der Waals surface area contributed by atoms with Crippen molar-refractivity contribution in [1.29, 1.82) is 0 Å². The number of nitrogens with two attached hydrogens (primary N) is 2. The Bertz CT molecular complexity index is 5130. The van der Waals surface area contributed by atoms with Gasteiger partial charge in [0.05, 0.1) is 61.5 Å². The summed E-state index contributed by atoms with van der Waals surface area (Å²) < 4.78 is 118. The Morgan fingerprint density at radius 3 is 1.00 bits per heavy atom. The third kappa shape index (κ3) is 25.0. The Balaban J connectivity index is 0.000000232. The minimum absolute atomic E-state index is 0. The van der Waals surface area contributed by atoms with Gasteiger partial charge < -0.3 is 41.6 Å². The molecule has 0 radical (unpaired) electrons. The van der Waals surface area contributed by atoms with Crippen LogP contribution in [0.3, 0.4) is 0 Å². The second kappa shape index (κ2) is 37.7. The van der Waals surface area contributed by atoms with Crippen molar-refractivity contribution in [1.82, 2.24) is 56.0 Å². The Labute approximate surface area is 617 Å². The summed E-state index contributed by atoms with van der Waals surface area (Å²) in [4.78, 5) is 39.8. The minimum atomic E-state index is -4.00. The second-order valence-corrected chi connectivity index (χ2v) is 29.0. The first-order chi connectivity index (χ1) is 46.9. The third-order valence-electron chi connectivity index (χ3n) is 12.1. The van der Waals surface area contributed by atoms with Gasteiger partial charge in [-0.3, -0.25) is 9.44 Å². The summed E-state index contributed by atoms with van der Waals surface area (Å²) in [6.45, 7) is 0. The van der Waals surface area contributed by atoms with Gasteiger partial charge in [0.15, 0.2) is 32.9 Å². The number of nitrogens with zero attached hydrogens (tertiary/aromatic N) is 10. The molecule has 0 aliphatic carbocycles. The molecule has 0 atom stereocenters. The lowest BCUT2D eigenvalue weighted by Gasteiger charge is -2.15. The number of anilines is 5. The monoisotopic (exact) mass is 1610 g/mol. The largest absolute Gasteiger partial charge is 0.497 e. The van der Waals surface area contributed by atoms with Gasteiger partial charge in [0, 0.05) is 83.2 Å². The standard InChI is InChI=1S/C21H18ClN5O4S.C13H8Cl2N4O2S.C8H4Cl2N2.C8H11NO2.C5H3Cl2NO2S.C5H5ClN2O2S.H3N.H2O/c1-30-14-9-13(10-15(11-14)31-2)24-20-21(26-18-6-4-3-5-17(18)25-20)27-32(28,29)16-7-8-19(22)23-12-16;14-11-6-5-8(7-16-11)22(20,21)19-13-12(15)17-9-3-1-2-4-10(9)18-13;9-7-8(10)12-6-4-2-1-3-5(6)11-7;1-10-7-3-6(9)4-8(5-7)11-2;2*6-5-2-1-4(3-8-5)11(7,9)10;;/h3-12H,1-2H3,(H,24,25)(H,26,27);1-7H,(H,18,19);1-4H;3-5H,9H2,1-2H3;1-3H;1-3H,(H2,7,9,10);1H3;1H2. The molecular weight excluding hydrogens is 1560 g/mol. The minimum Gasteiger partial charge on any atom is -0.497 e. The number of rotatable bonds is 14. The summed E-state index contributed by atoms with van der Waals surface area (Å²) >= 11 is 39.6. The van der Waals surface area contributed by atoms with Crippen LogP contribution in [0.2, 0.25) is 36.1 Å². The van der Waals surface area contributed by atoms with Crippen LogP contribution in [0.25, 0.3) is 33.1 Å². The normalized spacial score (nSPS) is 10.8. The van der Waals surface area contributed by atoms with E-state index >= 15 is 0 Å². The van der Waals surface area contributed by atoms with E-state index in [2.05, 4.69) is 64.6 Å². The molecule has 7 heterocycles. The molecule has 12 rings (SSSR count). The zero-order valence-electron chi connectivity index (χ0n) is 52.2. The average molecular weight is 1620 g/mol. The summed E-state index contributed by atoms with van der Waals surface area (Å²) in [5.41, 5.74) is 10.5. The van der Waals surface area contributed by atoms with Gasteiger partial charge in [0.25, 0.3) is 29.1 Å². The van der Waals surface area contributed by atoms with Gasteiger partial charge in [0.2, 0.25) is 10.0 Å². The van der Waals surface area contributed by atoms with Crippen LogP contribution >= 0.6 is 91.9 Å². The molecular formula is C60H54Cl8N16O13S4. The van der Waals surface area contributed by atoms with Crippen LogP contribution in [0.15, 0.2) is 202 Å². The van der Waals surface area contributed by atoms with Crippen LogP contribution in [0.4, 0.5) is 28.8 Å². The van der Waals surface area contributed by atoms with Crippen molar-refractivity contribution in [2.24, 2.45) is 5.14 Å². The summed E-state index contributed by atoms with van der Waals surface area (Å²) in [7, 11) is -3.94. The summed E-state index contributed by atoms with van der Waals surface area (Å²) in [5, 5.41) is 9.19. The highest BCUT2D eigenvalue weighted by molar-refractivity contribution is 8.13. The molecule has 29 nitrogen and oxygen atoms in total. The van der Waals surface area contributed by atoms with Crippen molar-refractivity contribution in [3.8, 4) is 23.0 Å². The molecule has 5 aromatic carbocycles. The van der Waals surface area contributed by atoms with E-state index in [4.69, 9.17) is 122 Å². The van der Waals surface area contributed by atoms with Crippen molar-refractivity contribution in [2.75, 3.05) is 48.9 Å². The van der Waals surface area contributed by atoms with Crippen LogP contribution in [-0.4, -0.2) is 117 Å². The number of fused-ring (bicyclic) bond motifs is 3. The zero-order chi connectivity index (χ0) is 72.2. The van der Waals surface area contributed by atoms with E-state index in [1.54, 1.807) is 93.1 Å². The number of sulfonamides is 3. The maximum absolute atomic E-state index is 12.9. The number of para-hydroxylation sites is 6. The quantitative estimate of drug-likeness (QED) is 0.0334. The lowest BCUT2D eigenvalue weighted by molar-refractivity contribution is 0.394. The molecule has 0 bridgehead atoms. The average Bonchev–Trinajstić information content (AvgIpc) is 0.797. The number of nitrogens with one attached hydrogen (secondary N) is 3. The lowest BCUT2D eigenvalue weighted by atomic mass is 10.2. The van der Waals surface area contributed by atoms with Crippen molar-refractivity contribution in [2.45, 2.75) is 19.6 Å². The highest BCUT2D eigenvalue weighted by Crippen LogP contribution is 2.33. The highest BCUT2D eigenvalue weighted by Gasteiger charge is 2.22. The van der Waals surface area contributed by atoms with Gasteiger partial charge in [0.1, 0.15) is 63.2 Å². The van der Waals surface area contributed by atoms with Crippen LogP contribution in [0.1, 0.15) is 0 Å². The fourth-order valence-corrected chi connectivity index (χ4v) is 11.5. The number of ether oxygens (including phenoxy) is 4. The molecule has 0 aliphatic rings. The molecule has 0 fully saturated rings. The topological polar surface area (TPSA) is 457 Å². The number of hydrogen-bond donors (Lipinski definition) is 6. The van der Waals surface area contributed by atoms with Crippen LogP contribution in [0, 0.1) is 0 Å². The molecule has 12 N–H and O–H groups in total. The first-order valence-electron chi connectivity index (χ1n) is 27.1. The van der Waals surface area contributed by atoms with Crippen LogP contribution < -0.4 is 50.7 Å². The lowest BCUT2D eigenvalue weighted by Crippen LogP contribution is -2.16. The third-order valence-corrected chi connectivity index (χ3v) is 18.7. The second-order valence-electron chi connectivity index (χ2n) is 18.9. The molecule has 0 saturated heterocycles. The number of hydrogen-bond acceptors (Lipinski definition) is 25. The molecule has 0 unspecified atom stereocenters. The van der Waals surface area contributed by atoms with Crippen molar-refractivity contribution >= 4 is 193 Å². The number of primary sulfonamides is 1. The summed E-state index contributed by atoms with van der Waals surface area (Å²) in [6.07, 6.45) is 4.52. The number of aromatic nitrogens is 10. The number of nitrogen functional groups attached to an aromatic ring is 1. The molecule has 101 heavy (non-hydrogen) atoms. The molecule has 0 amide bonds. The Morgan fingerprint density at radius 2 is 0.673 bits per heavy atom. The Morgan fingerprint density at radius 1 is 0.376 bits per heavy atom. The van der Waals surface area contributed by atoms with Gasteiger partial charge in [-0.1, -0.05) is 118 Å². The molecule has 41 heteroatoms. The van der Waals surface area contributed by atoms with E-state index in [0.29, 0.717) is 56.4 Å². The first kappa shape index (κ1) is 82.8. The van der Waals surface area contributed by atoms with E-state index in [-0.39, 0.29) is 84.7 Å². The Kier molecular flexibility index (Phi) is 30.9. The first-order valence-corrected chi connectivity index (χ1v) is 36.6. The number of benzene rings is 5. The SMILES string of the molecule is COc1cc(N)cc(OC)c1.COc1cc(Nc2nc3ccccc3nc2NS(=O)(=O)c2ccc(Cl)nc2)cc(OC)c1.Clc1nc2ccccc2nc1Cl.N.NS(=O)(=O)c1ccc(Cl)nc1.O.O=S(=O)(Cl)c1ccc(Cl)nc1.O=S(=O)(Nc1nc2ccccc2nc1Cl)c1ccc(Cl)nc1. The summed E-state index contributed by atoms with van der Waals surface area (Å²) in [5.74, 6) is 2.69. The van der Waals surface area contributed by atoms with Crippen molar-refractivity contribution in [3.05, 3.63) is 219 Å². The number of methoxy groups -OCH3 is 4. The van der Waals surface area contributed by atoms with E-state index in [0.717, 1.165) is 29.6 Å². The van der Waals surface area contributed by atoms with E-state index in [9.17, 15) is 33.7 Å². The van der Waals surface area contributed by atoms with Crippen LogP contribution in [0.5, 0.6) is 23.0 Å². The van der Waals surface area contributed by atoms with Gasteiger partial charge in [-0.15, -0.1) is 0 Å². The fourth-order valence-electron chi connectivity index (χ4n) is 7.46. The zero-order valence-corrected chi connectivity index (χ0v) is 61.5. The molecule has 12 aromatic rings. The van der Waals surface area contributed by atoms with Gasteiger partial charge >= 0.3 is 0 Å². The maximum atomic E-state index is 12.9. The highest BCUT2D eigenvalue weighted by atomic mass is 35.7. The van der Waals surface area contributed by atoms with E-state index in [1.165, 1.54) is 68.9 Å². The van der Waals surface area contributed by atoms with Gasteiger partial charge in [-0.2, -0.15) is 0 Å². The number of pyridine rings is 4. The number of halogens is 8. The molecule has 0 spiro atoms. The molecule has 0 saturated carbocycles. The van der Waals surface area contributed by atoms with Crippen molar-refractivity contribution < 1.29 is 58.1 Å². The molecule has 532 valence electrons. The van der Waals surface area contributed by atoms with Gasteiger partial charge in [-0.25, -0.2) is 88.6 Å². The predicted molar refractivity (Wildman–Crippen MR) is 392 cm³/mol. The van der Waals surface area contributed by atoms with Crippen LogP contribution in [-0.2, 0) is 39.1 Å². The predicted octanol–water partition coefficient (Wildman–Crippen LogP) is 13.0. The Hall–Kier alpha value is -8.88. The van der Waals surface area contributed by atoms with Gasteiger partial charge in [-0.05, 0) is 84.9 Å². The summed E-state index contributed by atoms with van der Waals surface area (Å²) in [6, 6.07) is 42.7. The van der Waals surface area contributed by atoms with Crippen molar-refractivity contribution in [3.63, 3.8) is 0 Å². The fraction of sp³-hybridized carbons (Fsp3) is 0.0667. The smallest absolute Gasteiger partial charge is 0.264 e. The molecule has 7 aromatic heterocycles. The maximum Gasteiger partial charge on any atom is 0.264 e. The molecule has 0 aliphatic heterocycles. The van der Waals surface area contributed by atoms with E-state index < -0.39 is 39.1 Å².